The number of nitrogens with one attached hydrogen (secondary N) is 1. The number of allylic oxidation sites excluding steroid dienone is 1. The third kappa shape index (κ3) is 5.06. The van der Waals surface area contributed by atoms with Crippen molar-refractivity contribution in [2.45, 2.75) is 32.8 Å². The summed E-state index contributed by atoms with van der Waals surface area (Å²) in [5.74, 6) is -2.39. The van der Waals surface area contributed by atoms with Gasteiger partial charge in [0.15, 0.2) is 0 Å². The fourth-order valence-electron chi connectivity index (χ4n) is 3.11. The van der Waals surface area contributed by atoms with Crippen LogP contribution in [0.5, 0.6) is 0 Å². The predicted octanol–water partition coefficient (Wildman–Crippen LogP) is 3.43. The Bertz CT molecular complexity index is 939. The minimum atomic E-state index is -1.03. The minimum Gasteiger partial charge on any atom is -0.466 e. The molecule has 1 aliphatic rings. The molecule has 0 aromatic heterocycles. The van der Waals surface area contributed by atoms with Gasteiger partial charge in [0, 0.05) is 5.70 Å². The highest BCUT2D eigenvalue weighted by Gasteiger charge is 2.40. The van der Waals surface area contributed by atoms with E-state index < -0.39 is 30.1 Å². The summed E-state index contributed by atoms with van der Waals surface area (Å²) in [7, 11) is 1.19. The van der Waals surface area contributed by atoms with Crippen molar-refractivity contribution >= 4 is 41.2 Å². The molecule has 1 aliphatic heterocycles. The van der Waals surface area contributed by atoms with Gasteiger partial charge in [-0.2, -0.15) is 0 Å². The Hall–Kier alpha value is -2.71. The van der Waals surface area contributed by atoms with E-state index in [1.165, 1.54) is 7.11 Å². The van der Waals surface area contributed by atoms with Gasteiger partial charge in [-0.05, 0) is 32.4 Å². The van der Waals surface area contributed by atoms with Crippen LogP contribution in [0.1, 0.15) is 32.3 Å². The van der Waals surface area contributed by atoms with E-state index in [0.717, 1.165) is 0 Å². The maximum Gasteiger partial charge on any atom is 0.404 e. The lowest BCUT2D eigenvalue weighted by Crippen LogP contribution is -2.35. The molecule has 0 saturated heterocycles. The van der Waals surface area contributed by atoms with Crippen LogP contribution in [0.2, 0.25) is 10.0 Å². The standard InChI is InChI=1S/C20H22Cl2N2O6/c1-9(2)30-19(26)14-10(3)24-13(8-29-20(23)27)16(18(25)28-4)15(14)11-6-5-7-12(21)17(11)22/h5-7,9,15,24H,8H2,1-4H3,(H2,23,27). The molecule has 1 aromatic rings. The van der Waals surface area contributed by atoms with Crippen LogP contribution in [-0.4, -0.2) is 37.9 Å². The van der Waals surface area contributed by atoms with Crippen molar-refractivity contribution in [2.24, 2.45) is 5.73 Å². The van der Waals surface area contributed by atoms with E-state index in [9.17, 15) is 14.4 Å². The smallest absolute Gasteiger partial charge is 0.404 e. The van der Waals surface area contributed by atoms with Crippen LogP contribution < -0.4 is 11.1 Å². The van der Waals surface area contributed by atoms with Gasteiger partial charge in [-0.15, -0.1) is 0 Å². The second-order valence-corrected chi connectivity index (χ2v) is 7.47. The van der Waals surface area contributed by atoms with Crippen molar-refractivity contribution in [1.29, 1.82) is 0 Å². The van der Waals surface area contributed by atoms with Gasteiger partial charge in [0.05, 0.1) is 46.0 Å². The second kappa shape index (κ2) is 9.86. The first kappa shape index (κ1) is 23.6. The number of carbonyl (C=O) groups is 3. The number of amides is 1. The highest BCUT2D eigenvalue weighted by atomic mass is 35.5. The van der Waals surface area contributed by atoms with Crippen molar-refractivity contribution in [3.63, 3.8) is 0 Å². The van der Waals surface area contributed by atoms with Crippen LogP contribution in [0.15, 0.2) is 40.7 Å². The third-order valence-corrected chi connectivity index (χ3v) is 5.10. The number of nitrogens with two attached hydrogens (primary N) is 1. The molecule has 0 bridgehead atoms. The highest BCUT2D eigenvalue weighted by Crippen LogP contribution is 2.43. The number of halogens is 2. The van der Waals surface area contributed by atoms with Gasteiger partial charge in [0.2, 0.25) is 0 Å². The molecule has 0 spiro atoms. The Morgan fingerprint density at radius 3 is 2.40 bits per heavy atom. The molecule has 1 aromatic carbocycles. The number of dihydropyridines is 1. The van der Waals surface area contributed by atoms with Crippen LogP contribution in [0.4, 0.5) is 4.79 Å². The van der Waals surface area contributed by atoms with Gasteiger partial charge in [-0.3, -0.25) is 0 Å². The normalized spacial score (nSPS) is 16.3. The summed E-state index contributed by atoms with van der Waals surface area (Å²) >= 11 is 12.6. The van der Waals surface area contributed by atoms with Crippen molar-refractivity contribution < 1.29 is 28.6 Å². The van der Waals surface area contributed by atoms with Gasteiger partial charge in [0.25, 0.3) is 0 Å². The maximum atomic E-state index is 13.0. The average molecular weight is 457 g/mol. The van der Waals surface area contributed by atoms with Gasteiger partial charge >= 0.3 is 18.0 Å². The lowest BCUT2D eigenvalue weighted by molar-refractivity contribution is -0.143. The summed E-state index contributed by atoms with van der Waals surface area (Å²) in [5, 5.41) is 3.32. The van der Waals surface area contributed by atoms with Gasteiger partial charge in [0.1, 0.15) is 6.61 Å². The number of hydrogen-bond acceptors (Lipinski definition) is 7. The van der Waals surface area contributed by atoms with Crippen LogP contribution >= 0.6 is 23.2 Å². The Kier molecular flexibility index (Phi) is 7.75. The van der Waals surface area contributed by atoms with E-state index >= 15 is 0 Å². The number of esters is 2. The first-order valence-electron chi connectivity index (χ1n) is 8.94. The maximum absolute atomic E-state index is 13.0. The largest absolute Gasteiger partial charge is 0.466 e. The first-order valence-corrected chi connectivity index (χ1v) is 9.70. The zero-order valence-electron chi connectivity index (χ0n) is 16.9. The monoisotopic (exact) mass is 456 g/mol. The number of primary amides is 1. The van der Waals surface area contributed by atoms with E-state index in [-0.39, 0.29) is 33.5 Å². The molecule has 10 heteroatoms. The molecule has 3 N–H and O–H groups in total. The number of hydrogen-bond donors (Lipinski definition) is 2. The lowest BCUT2D eigenvalue weighted by Gasteiger charge is -2.32. The van der Waals surface area contributed by atoms with E-state index in [4.69, 9.17) is 43.1 Å². The van der Waals surface area contributed by atoms with Crippen molar-refractivity contribution in [2.75, 3.05) is 13.7 Å². The molecule has 1 amide bonds. The first-order chi connectivity index (χ1) is 14.1. The minimum absolute atomic E-state index is 0.0178. The van der Waals surface area contributed by atoms with Crippen LogP contribution in [0, 0.1) is 0 Å². The number of ether oxygens (including phenoxy) is 3. The molecule has 1 heterocycles. The molecule has 162 valence electrons. The number of rotatable bonds is 6. The summed E-state index contributed by atoms with van der Waals surface area (Å²) in [6, 6.07) is 4.85. The highest BCUT2D eigenvalue weighted by molar-refractivity contribution is 6.42. The molecule has 30 heavy (non-hydrogen) atoms. The molecule has 1 unspecified atom stereocenters. The van der Waals surface area contributed by atoms with E-state index in [1.807, 2.05) is 0 Å². The van der Waals surface area contributed by atoms with Gasteiger partial charge < -0.3 is 25.3 Å². The Morgan fingerprint density at radius 2 is 1.83 bits per heavy atom. The molecule has 8 nitrogen and oxygen atoms in total. The third-order valence-electron chi connectivity index (χ3n) is 4.26. The van der Waals surface area contributed by atoms with Crippen LogP contribution in [-0.2, 0) is 23.8 Å². The molecule has 0 aliphatic carbocycles. The zero-order chi connectivity index (χ0) is 22.6. The number of methoxy groups -OCH3 is 1. The topological polar surface area (TPSA) is 117 Å². The average Bonchev–Trinajstić information content (AvgIpc) is 2.66. The molecule has 0 fully saturated rings. The van der Waals surface area contributed by atoms with E-state index in [1.54, 1.807) is 39.0 Å². The second-order valence-electron chi connectivity index (χ2n) is 6.69. The summed E-state index contributed by atoms with van der Waals surface area (Å²) in [5.41, 5.74) is 6.20. The Morgan fingerprint density at radius 1 is 1.17 bits per heavy atom. The molecular formula is C20H22Cl2N2O6. The van der Waals surface area contributed by atoms with Crippen molar-refractivity contribution in [3.05, 3.63) is 56.3 Å². The zero-order valence-corrected chi connectivity index (χ0v) is 18.4. The quantitative estimate of drug-likeness (QED) is 0.497. The molecule has 0 saturated carbocycles. The van der Waals surface area contributed by atoms with E-state index in [0.29, 0.717) is 11.3 Å². The fourth-order valence-corrected chi connectivity index (χ4v) is 3.52. The van der Waals surface area contributed by atoms with Crippen LogP contribution in [0.3, 0.4) is 0 Å². The summed E-state index contributed by atoms with van der Waals surface area (Å²) < 4.78 is 15.2. The van der Waals surface area contributed by atoms with Gasteiger partial charge in [-0.1, -0.05) is 35.3 Å². The number of carbonyl (C=O) groups excluding carboxylic acids is 3. The molecular weight excluding hydrogens is 435 g/mol. The summed E-state index contributed by atoms with van der Waals surface area (Å²) in [4.78, 5) is 36.8. The van der Waals surface area contributed by atoms with Crippen molar-refractivity contribution in [1.82, 2.24) is 5.32 Å². The predicted molar refractivity (Wildman–Crippen MR) is 111 cm³/mol. The Balaban J connectivity index is 2.76. The SMILES string of the molecule is COC(=O)C1=C(COC(N)=O)NC(C)=C(C(=O)OC(C)C)C1c1cccc(Cl)c1Cl. The molecule has 1 atom stereocenters. The lowest BCUT2D eigenvalue weighted by atomic mass is 9.80. The summed E-state index contributed by atoms with van der Waals surface area (Å²) in [6.07, 6.45) is -1.43. The molecule has 2 rings (SSSR count). The Labute approximate surface area is 183 Å². The molecule has 0 radical (unpaired) electrons. The summed E-state index contributed by atoms with van der Waals surface area (Å²) in [6.45, 7) is 4.68. The van der Waals surface area contributed by atoms with E-state index in [2.05, 4.69) is 5.32 Å². The number of benzene rings is 1. The van der Waals surface area contributed by atoms with Crippen LogP contribution in [0.25, 0.3) is 0 Å². The van der Waals surface area contributed by atoms with Crippen molar-refractivity contribution in [3.8, 4) is 0 Å². The van der Waals surface area contributed by atoms with Gasteiger partial charge in [-0.25, -0.2) is 14.4 Å². The fraction of sp³-hybridized carbons (Fsp3) is 0.350.